The Bertz CT molecular complexity index is 1290. The van der Waals surface area contributed by atoms with Crippen LogP contribution in [-0.4, -0.2) is 50.0 Å². The zero-order chi connectivity index (χ0) is 26.6. The van der Waals surface area contributed by atoms with E-state index in [4.69, 9.17) is 11.6 Å². The lowest BCUT2D eigenvalue weighted by Gasteiger charge is -2.26. The van der Waals surface area contributed by atoms with Crippen LogP contribution in [0.2, 0.25) is 0 Å². The zero-order valence-electron chi connectivity index (χ0n) is 21.6. The van der Waals surface area contributed by atoms with Crippen LogP contribution in [0.3, 0.4) is 0 Å². The number of anilines is 3. The van der Waals surface area contributed by atoms with Gasteiger partial charge in [-0.1, -0.05) is 0 Å². The van der Waals surface area contributed by atoms with E-state index in [0.29, 0.717) is 25.2 Å². The summed E-state index contributed by atoms with van der Waals surface area (Å²) in [7, 11) is 0. The molecule has 3 N–H and O–H groups in total. The molecule has 1 saturated carbocycles. The predicted molar refractivity (Wildman–Crippen MR) is 111 cm³/mol. The first-order chi connectivity index (χ1) is 17.5. The topological polar surface area (TPSA) is 97.1 Å². The molecule has 5 unspecified atom stereocenters. The lowest BCUT2D eigenvalue weighted by molar-refractivity contribution is 0.126. The van der Waals surface area contributed by atoms with Gasteiger partial charge < -0.3 is 20.5 Å². The van der Waals surface area contributed by atoms with E-state index in [1.807, 2.05) is 0 Å². The molecule has 8 nitrogen and oxygen atoms in total. The van der Waals surface area contributed by atoms with Crippen molar-refractivity contribution in [3.8, 4) is 0 Å². The molecule has 5 atom stereocenters. The molecule has 2 fully saturated rings. The summed E-state index contributed by atoms with van der Waals surface area (Å²) >= 11 is 0. The van der Waals surface area contributed by atoms with Crippen LogP contribution in [0.1, 0.15) is 44.9 Å². The van der Waals surface area contributed by atoms with Crippen LogP contribution in [0.25, 0.3) is 11.2 Å². The van der Waals surface area contributed by atoms with Gasteiger partial charge in [0.1, 0.15) is 17.0 Å². The average Bonchev–Trinajstić information content (AvgIpc) is 3.49. The van der Waals surface area contributed by atoms with Gasteiger partial charge in [0.2, 0.25) is 11.9 Å². The third kappa shape index (κ3) is 4.09. The van der Waals surface area contributed by atoms with E-state index in [2.05, 4.69) is 25.6 Å². The van der Waals surface area contributed by atoms with Crippen LogP contribution in [0.4, 0.5) is 30.8 Å². The van der Waals surface area contributed by atoms with Gasteiger partial charge in [-0.15, -0.1) is 0 Å². The van der Waals surface area contributed by atoms with Crippen molar-refractivity contribution in [2.45, 2.75) is 50.2 Å². The molecule has 2 aromatic heterocycles. The van der Waals surface area contributed by atoms with Crippen molar-refractivity contribution in [1.29, 1.82) is 0 Å². The van der Waals surface area contributed by atoms with Crippen molar-refractivity contribution in [2.24, 2.45) is 0 Å². The Hall–Kier alpha value is -2.92. The first kappa shape index (κ1) is 15.8. The van der Waals surface area contributed by atoms with Crippen molar-refractivity contribution in [1.82, 2.24) is 19.5 Å². The van der Waals surface area contributed by atoms with E-state index in [-0.39, 0.29) is 35.7 Å². The summed E-state index contributed by atoms with van der Waals surface area (Å²) in [6, 6.07) is -0.388. The number of halogens is 3. The second-order valence-corrected chi connectivity index (χ2v) is 7.41. The van der Waals surface area contributed by atoms with Gasteiger partial charge in [0.05, 0.1) is 26.3 Å². The van der Waals surface area contributed by atoms with Crippen molar-refractivity contribution >= 4 is 28.7 Å². The fourth-order valence-electron chi connectivity index (χ4n) is 3.66. The van der Waals surface area contributed by atoms with Gasteiger partial charge in [-0.2, -0.15) is 4.98 Å². The van der Waals surface area contributed by atoms with Crippen molar-refractivity contribution < 1.29 is 29.9 Å². The molecule has 170 valence electrons. The van der Waals surface area contributed by atoms with Gasteiger partial charge in [0, 0.05) is 30.3 Å². The maximum Gasteiger partial charge on any atom is 0.224 e. The summed E-state index contributed by atoms with van der Waals surface area (Å²) in [4.78, 5) is 12.9. The fraction of sp³-hybridized carbons (Fsp3) is 0.476. The molecule has 11 heteroatoms. The van der Waals surface area contributed by atoms with Gasteiger partial charge in [0.15, 0.2) is 17.3 Å². The maximum atomic E-state index is 14.3. The quantitative estimate of drug-likeness (QED) is 0.542. The third-order valence-corrected chi connectivity index (χ3v) is 5.19. The van der Waals surface area contributed by atoms with E-state index >= 15 is 0 Å². The monoisotopic (exact) mass is 453 g/mol. The van der Waals surface area contributed by atoms with Gasteiger partial charge in [0.25, 0.3) is 0 Å². The first-order valence-electron chi connectivity index (χ1n) is 12.7. The molecule has 32 heavy (non-hydrogen) atoms. The Balaban J connectivity index is 1.52. The van der Waals surface area contributed by atoms with Crippen LogP contribution in [0.15, 0.2) is 18.3 Å². The smallest absolute Gasteiger partial charge is 0.224 e. The third-order valence-electron chi connectivity index (χ3n) is 5.19. The molecule has 3 aromatic rings. The number of fused-ring (bicyclic) bond motifs is 1. The number of hydrogen-bond acceptors (Lipinski definition) is 7. The Morgan fingerprint density at radius 2 is 1.91 bits per heavy atom. The molecule has 5 rings (SSSR count). The molecule has 2 aliphatic rings. The van der Waals surface area contributed by atoms with Crippen molar-refractivity contribution in [2.75, 3.05) is 23.8 Å². The second-order valence-electron chi connectivity index (χ2n) is 7.41. The Morgan fingerprint density at radius 1 is 1.16 bits per heavy atom. The number of aliphatic hydroxyl groups is 1. The molecule has 1 aliphatic carbocycles. The molecule has 0 spiro atoms. The molecular formula is C21H23F3N6O2. The molecule has 0 bridgehead atoms. The lowest BCUT2D eigenvalue weighted by atomic mass is 9.93. The SMILES string of the molecule is [2H]C1C(Nc2ncc3nc(Nc4c(F)cc(F)cc4F)n(C4CCOC4)c3n2)C([2H])C([2H])C([2H])(O)C1[2H]. The van der Waals surface area contributed by atoms with E-state index in [1.54, 1.807) is 4.57 Å². The number of ether oxygens (including phenoxy) is 1. The van der Waals surface area contributed by atoms with Crippen LogP contribution in [-0.2, 0) is 4.74 Å². The molecule has 1 saturated heterocycles. The highest BCUT2D eigenvalue weighted by molar-refractivity contribution is 5.76. The fourth-order valence-corrected chi connectivity index (χ4v) is 3.66. The van der Waals surface area contributed by atoms with Crippen LogP contribution >= 0.6 is 0 Å². The van der Waals surface area contributed by atoms with E-state index in [9.17, 15) is 18.3 Å². The Kier molecular flexibility index (Phi) is 4.22. The number of benzene rings is 1. The van der Waals surface area contributed by atoms with E-state index < -0.39 is 60.8 Å². The number of nitrogens with one attached hydrogen (secondary N) is 2. The summed E-state index contributed by atoms with van der Waals surface area (Å²) in [5.74, 6) is -3.44. The number of aromatic nitrogens is 4. The van der Waals surface area contributed by atoms with Gasteiger partial charge in [-0.3, -0.25) is 4.57 Å². The average molecular weight is 453 g/mol. The van der Waals surface area contributed by atoms with E-state index in [0.717, 1.165) is 0 Å². The first-order valence-corrected chi connectivity index (χ1v) is 9.91. The summed E-state index contributed by atoms with van der Waals surface area (Å²) in [6.07, 6.45) is -6.92. The zero-order valence-corrected chi connectivity index (χ0v) is 16.6. The molecule has 1 aromatic carbocycles. The highest BCUT2D eigenvalue weighted by Crippen LogP contribution is 2.32. The van der Waals surface area contributed by atoms with Crippen LogP contribution in [0.5, 0.6) is 0 Å². The van der Waals surface area contributed by atoms with Crippen LogP contribution in [0, 0.1) is 17.5 Å². The summed E-state index contributed by atoms with van der Waals surface area (Å²) in [5, 5.41) is 15.5. The normalized spacial score (nSPS) is 37.3. The van der Waals surface area contributed by atoms with Crippen molar-refractivity contribution in [3.63, 3.8) is 0 Å². The standard InChI is InChI=1S/C21H23F3N6O2/c22-11-7-15(23)18(16(24)8-11)28-21-27-17-9-25-20(26-12-1-3-14(31)4-2-12)29-19(17)30(21)13-5-6-32-10-13/h7-9,12-14,31H,1-6,10H2,(H,27,28)(H,25,26,29)/i1D,2D,3D,4D,14D. The summed E-state index contributed by atoms with van der Waals surface area (Å²) < 4.78 is 89.4. The minimum absolute atomic E-state index is 0.00692. The van der Waals surface area contributed by atoms with Crippen molar-refractivity contribution in [3.05, 3.63) is 35.8 Å². The Morgan fingerprint density at radius 3 is 2.59 bits per heavy atom. The van der Waals surface area contributed by atoms with Gasteiger partial charge >= 0.3 is 0 Å². The maximum absolute atomic E-state index is 14.3. The number of nitrogens with zero attached hydrogens (tertiary/aromatic N) is 4. The predicted octanol–water partition coefficient (Wildman–Crippen LogP) is 3.66. The highest BCUT2D eigenvalue weighted by Gasteiger charge is 2.27. The molecule has 0 amide bonds. The summed E-state index contributed by atoms with van der Waals surface area (Å²) in [5.41, 5.74) is -0.127. The van der Waals surface area contributed by atoms with Crippen LogP contribution < -0.4 is 10.6 Å². The molecule has 1 aliphatic heterocycles. The number of imidazole rings is 1. The largest absolute Gasteiger partial charge is 0.393 e. The highest BCUT2D eigenvalue weighted by atomic mass is 19.1. The van der Waals surface area contributed by atoms with E-state index in [1.165, 1.54) is 6.20 Å². The lowest BCUT2D eigenvalue weighted by Crippen LogP contribution is -2.29. The molecule has 3 heterocycles. The summed E-state index contributed by atoms with van der Waals surface area (Å²) in [6.45, 7) is 0.685. The van der Waals surface area contributed by atoms with Gasteiger partial charge in [-0.25, -0.2) is 23.1 Å². The van der Waals surface area contributed by atoms with Gasteiger partial charge in [-0.05, 0) is 32.0 Å². The molecular weight excluding hydrogens is 425 g/mol. The Labute approximate surface area is 188 Å². The number of hydrogen-bond donors (Lipinski definition) is 3. The molecule has 0 radical (unpaired) electrons. The minimum atomic E-state index is -2.58. The minimum Gasteiger partial charge on any atom is -0.393 e. The second kappa shape index (κ2) is 8.55. The number of rotatable bonds is 5.